The van der Waals surface area contributed by atoms with Gasteiger partial charge in [-0.15, -0.1) is 0 Å². The molecule has 1 aliphatic rings. The Morgan fingerprint density at radius 1 is 1.14 bits per heavy atom. The first-order chi connectivity index (χ1) is 10.8. The molecule has 0 saturated heterocycles. The molecule has 0 fully saturated rings. The highest BCUT2D eigenvalue weighted by atomic mass is 15.4. The van der Waals surface area contributed by atoms with E-state index in [0.29, 0.717) is 0 Å². The molecule has 22 heavy (non-hydrogen) atoms. The van der Waals surface area contributed by atoms with Crippen LogP contribution in [0.1, 0.15) is 0 Å². The van der Waals surface area contributed by atoms with Gasteiger partial charge in [0.05, 0.1) is 29.0 Å². The van der Waals surface area contributed by atoms with Crippen molar-refractivity contribution in [2.75, 3.05) is 16.8 Å². The molecule has 1 aromatic carbocycles. The molecule has 0 unspecified atom stereocenters. The Morgan fingerprint density at radius 2 is 1.95 bits per heavy atom. The summed E-state index contributed by atoms with van der Waals surface area (Å²) in [6, 6.07) is 12.3. The normalized spacial score (nSPS) is 13.6. The number of nitrogens with zero attached hydrogens (tertiary/aromatic N) is 4. The molecule has 108 valence electrons. The minimum absolute atomic E-state index is 0.881. The van der Waals surface area contributed by atoms with Gasteiger partial charge in [0.25, 0.3) is 0 Å². The number of para-hydroxylation sites is 2. The number of pyridine rings is 1. The lowest BCUT2D eigenvalue weighted by Crippen LogP contribution is -2.20. The van der Waals surface area contributed by atoms with Crippen molar-refractivity contribution in [3.63, 3.8) is 0 Å². The molecule has 1 aliphatic heterocycles. The fourth-order valence-corrected chi connectivity index (χ4v) is 2.76. The Labute approximate surface area is 128 Å². The van der Waals surface area contributed by atoms with Crippen molar-refractivity contribution >= 4 is 17.1 Å². The zero-order chi connectivity index (χ0) is 15.1. The second-order valence-electron chi connectivity index (χ2n) is 5.19. The topological polar surface area (TPSA) is 48.1 Å². The van der Waals surface area contributed by atoms with E-state index in [1.807, 2.05) is 43.7 Å². The summed E-state index contributed by atoms with van der Waals surface area (Å²) in [5, 5.41) is 6.80. The third-order valence-corrected chi connectivity index (χ3v) is 3.92. The van der Waals surface area contributed by atoms with Gasteiger partial charge in [-0.25, -0.2) is 0 Å². The highest BCUT2D eigenvalue weighted by Crippen LogP contribution is 2.44. The molecule has 1 N–H and O–H groups in total. The molecule has 3 aromatic rings. The summed E-state index contributed by atoms with van der Waals surface area (Å²) in [5.41, 5.74) is 5.15. The standard InChI is InChI=1S/C17H15N5/c1-12-21(2)16-5-3-4-6-17(16)22(12)14-7-8-18-15(9-14)13-10-19-20-11-13/h3-11H,1H2,2H3,(H,19,20). The lowest BCUT2D eigenvalue weighted by atomic mass is 10.2. The zero-order valence-corrected chi connectivity index (χ0v) is 12.2. The van der Waals surface area contributed by atoms with Crippen LogP contribution >= 0.6 is 0 Å². The number of hydrogen-bond donors (Lipinski definition) is 1. The van der Waals surface area contributed by atoms with Gasteiger partial charge in [0.1, 0.15) is 5.82 Å². The fraction of sp³-hybridized carbons (Fsp3) is 0.0588. The predicted octanol–water partition coefficient (Wildman–Crippen LogP) is 3.53. The van der Waals surface area contributed by atoms with Crippen molar-refractivity contribution in [3.8, 4) is 11.3 Å². The molecule has 0 aliphatic carbocycles. The van der Waals surface area contributed by atoms with Crippen LogP contribution in [0.15, 0.2) is 67.4 Å². The Kier molecular flexibility index (Phi) is 2.72. The van der Waals surface area contributed by atoms with Gasteiger partial charge in [0.2, 0.25) is 0 Å². The van der Waals surface area contributed by atoms with Gasteiger partial charge >= 0.3 is 0 Å². The quantitative estimate of drug-likeness (QED) is 0.784. The first-order valence-electron chi connectivity index (χ1n) is 7.03. The summed E-state index contributed by atoms with van der Waals surface area (Å²) in [6.07, 6.45) is 5.42. The molecule has 4 rings (SSSR count). The van der Waals surface area contributed by atoms with Gasteiger partial charge in [0, 0.05) is 25.0 Å². The summed E-state index contributed by atoms with van der Waals surface area (Å²) < 4.78 is 0. The van der Waals surface area contributed by atoms with E-state index < -0.39 is 0 Å². The molecule has 0 atom stereocenters. The lowest BCUT2D eigenvalue weighted by Gasteiger charge is -2.22. The van der Waals surface area contributed by atoms with E-state index in [1.54, 1.807) is 6.20 Å². The first kappa shape index (κ1) is 12.6. The fourth-order valence-electron chi connectivity index (χ4n) is 2.76. The molecule has 3 heterocycles. The van der Waals surface area contributed by atoms with Crippen molar-refractivity contribution in [1.82, 2.24) is 15.2 Å². The molecule has 5 heteroatoms. The average Bonchev–Trinajstić information content (AvgIpc) is 3.17. The van der Waals surface area contributed by atoms with Crippen LogP contribution in [0.25, 0.3) is 11.3 Å². The largest absolute Gasteiger partial charge is 0.329 e. The van der Waals surface area contributed by atoms with Crippen LogP contribution in [0.4, 0.5) is 17.1 Å². The summed E-state index contributed by atoms with van der Waals surface area (Å²) in [6.45, 7) is 4.21. The van der Waals surface area contributed by atoms with E-state index in [0.717, 1.165) is 34.1 Å². The number of fused-ring (bicyclic) bond motifs is 1. The smallest absolute Gasteiger partial charge is 0.110 e. The predicted molar refractivity (Wildman–Crippen MR) is 87.9 cm³/mol. The number of nitrogens with one attached hydrogen (secondary N) is 1. The van der Waals surface area contributed by atoms with Crippen LogP contribution in [0.3, 0.4) is 0 Å². The molecule has 5 nitrogen and oxygen atoms in total. The molecule has 0 saturated carbocycles. The molecule has 0 amide bonds. The van der Waals surface area contributed by atoms with E-state index in [-0.39, 0.29) is 0 Å². The third-order valence-electron chi connectivity index (χ3n) is 3.92. The van der Waals surface area contributed by atoms with Crippen LogP contribution < -0.4 is 9.80 Å². The SMILES string of the molecule is C=C1N(C)c2ccccc2N1c1ccnc(-c2cn[nH]c2)c1. The van der Waals surface area contributed by atoms with Crippen LogP contribution in [-0.4, -0.2) is 22.2 Å². The number of H-pyrrole nitrogens is 1. The minimum atomic E-state index is 0.881. The van der Waals surface area contributed by atoms with E-state index in [2.05, 4.69) is 43.7 Å². The number of benzene rings is 1. The number of anilines is 3. The lowest BCUT2D eigenvalue weighted by molar-refractivity contribution is 1.09. The number of rotatable bonds is 2. The maximum atomic E-state index is 4.42. The van der Waals surface area contributed by atoms with Crippen LogP contribution in [0.5, 0.6) is 0 Å². The van der Waals surface area contributed by atoms with Gasteiger partial charge in [0.15, 0.2) is 0 Å². The maximum Gasteiger partial charge on any atom is 0.110 e. The first-order valence-corrected chi connectivity index (χ1v) is 7.03. The van der Waals surface area contributed by atoms with Gasteiger partial charge in [-0.05, 0) is 24.3 Å². The van der Waals surface area contributed by atoms with Crippen molar-refractivity contribution in [3.05, 3.63) is 67.4 Å². The molecular formula is C17H15N5. The van der Waals surface area contributed by atoms with Crippen molar-refractivity contribution in [1.29, 1.82) is 0 Å². The number of aromatic amines is 1. The van der Waals surface area contributed by atoms with Gasteiger partial charge in [-0.1, -0.05) is 18.7 Å². The van der Waals surface area contributed by atoms with Gasteiger partial charge in [-0.2, -0.15) is 5.10 Å². The van der Waals surface area contributed by atoms with Crippen molar-refractivity contribution in [2.45, 2.75) is 0 Å². The van der Waals surface area contributed by atoms with E-state index in [1.165, 1.54) is 0 Å². The summed E-state index contributed by atoms with van der Waals surface area (Å²) >= 11 is 0. The Balaban J connectivity index is 1.83. The van der Waals surface area contributed by atoms with Gasteiger partial charge in [-0.3, -0.25) is 15.0 Å². The van der Waals surface area contributed by atoms with Crippen LogP contribution in [0, 0.1) is 0 Å². The molecule has 0 spiro atoms. The summed E-state index contributed by atoms with van der Waals surface area (Å²) in [7, 11) is 2.03. The van der Waals surface area contributed by atoms with Crippen molar-refractivity contribution in [2.24, 2.45) is 0 Å². The zero-order valence-electron chi connectivity index (χ0n) is 12.2. The molecule has 0 bridgehead atoms. The van der Waals surface area contributed by atoms with Crippen molar-refractivity contribution < 1.29 is 0 Å². The van der Waals surface area contributed by atoms with E-state index in [4.69, 9.17) is 0 Å². The summed E-state index contributed by atoms with van der Waals surface area (Å²) in [4.78, 5) is 8.65. The second kappa shape index (κ2) is 4.73. The Morgan fingerprint density at radius 3 is 2.73 bits per heavy atom. The summed E-state index contributed by atoms with van der Waals surface area (Å²) in [5.74, 6) is 0.922. The van der Waals surface area contributed by atoms with E-state index >= 15 is 0 Å². The Hall–Kier alpha value is -3.08. The minimum Gasteiger partial charge on any atom is -0.329 e. The average molecular weight is 289 g/mol. The van der Waals surface area contributed by atoms with Crippen LogP contribution in [-0.2, 0) is 0 Å². The van der Waals surface area contributed by atoms with Crippen LogP contribution in [0.2, 0.25) is 0 Å². The highest BCUT2D eigenvalue weighted by molar-refractivity contribution is 5.88. The third kappa shape index (κ3) is 1.79. The molecule has 0 radical (unpaired) electrons. The number of hydrogen-bond acceptors (Lipinski definition) is 4. The molecule has 2 aromatic heterocycles. The Bertz CT molecular complexity index is 838. The monoisotopic (exact) mass is 289 g/mol. The maximum absolute atomic E-state index is 4.42. The number of aromatic nitrogens is 3. The molecular weight excluding hydrogens is 274 g/mol. The van der Waals surface area contributed by atoms with E-state index in [9.17, 15) is 0 Å². The van der Waals surface area contributed by atoms with Gasteiger partial charge < -0.3 is 4.90 Å². The second-order valence-corrected chi connectivity index (χ2v) is 5.19. The highest BCUT2D eigenvalue weighted by Gasteiger charge is 2.28.